The van der Waals surface area contributed by atoms with Crippen LogP contribution in [-0.2, 0) is 4.79 Å². The first-order valence-electron chi connectivity index (χ1n) is 7.96. The monoisotopic (exact) mass is 266 g/mol. The molecule has 4 heteroatoms. The third kappa shape index (κ3) is 2.79. The van der Waals surface area contributed by atoms with E-state index in [0.717, 1.165) is 58.3 Å². The van der Waals surface area contributed by atoms with E-state index in [2.05, 4.69) is 9.80 Å². The molecule has 19 heavy (non-hydrogen) atoms. The Morgan fingerprint density at radius 3 is 2.16 bits per heavy atom. The molecule has 1 saturated heterocycles. The fourth-order valence-corrected chi connectivity index (χ4v) is 4.05. The first kappa shape index (κ1) is 13.4. The Kier molecular flexibility index (Phi) is 4.08. The van der Waals surface area contributed by atoms with Crippen LogP contribution >= 0.6 is 0 Å². The van der Waals surface area contributed by atoms with Gasteiger partial charge in [-0.15, -0.1) is 0 Å². The summed E-state index contributed by atoms with van der Waals surface area (Å²) in [4.78, 5) is 16.8. The van der Waals surface area contributed by atoms with Crippen molar-refractivity contribution in [3.05, 3.63) is 0 Å². The Morgan fingerprint density at radius 2 is 1.58 bits per heavy atom. The Balaban J connectivity index is 1.50. The van der Waals surface area contributed by atoms with E-state index in [-0.39, 0.29) is 6.10 Å². The van der Waals surface area contributed by atoms with E-state index in [1.54, 1.807) is 0 Å². The topological polar surface area (TPSA) is 43.8 Å². The molecule has 2 aliphatic carbocycles. The minimum absolute atomic E-state index is 0.142. The van der Waals surface area contributed by atoms with Crippen molar-refractivity contribution in [3.63, 3.8) is 0 Å². The molecule has 108 valence electrons. The fraction of sp³-hybridized carbons (Fsp3) is 0.933. The molecular weight excluding hydrogens is 240 g/mol. The molecular formula is C15H26N2O2. The molecule has 0 radical (unpaired) electrons. The largest absolute Gasteiger partial charge is 0.391 e. The van der Waals surface area contributed by atoms with Crippen molar-refractivity contribution < 1.29 is 9.90 Å². The quantitative estimate of drug-likeness (QED) is 0.817. The summed E-state index contributed by atoms with van der Waals surface area (Å²) < 4.78 is 0. The predicted octanol–water partition coefficient (Wildman–Crippen LogP) is 1.23. The highest BCUT2D eigenvalue weighted by molar-refractivity contribution is 5.79. The van der Waals surface area contributed by atoms with Gasteiger partial charge in [0.05, 0.1) is 6.10 Å². The van der Waals surface area contributed by atoms with Crippen LogP contribution in [0, 0.1) is 5.92 Å². The van der Waals surface area contributed by atoms with Crippen molar-refractivity contribution in [2.75, 3.05) is 26.2 Å². The first-order chi connectivity index (χ1) is 9.25. The summed E-state index contributed by atoms with van der Waals surface area (Å²) in [6.07, 6.45) is 7.73. The Hall–Kier alpha value is -0.610. The number of hydrogen-bond acceptors (Lipinski definition) is 3. The van der Waals surface area contributed by atoms with E-state index in [9.17, 15) is 9.90 Å². The average Bonchev–Trinajstić information content (AvgIpc) is 3.09. The molecule has 3 rings (SSSR count). The molecule has 0 bridgehead atoms. The lowest BCUT2D eigenvalue weighted by atomic mass is 10.1. The zero-order valence-corrected chi connectivity index (χ0v) is 11.8. The van der Waals surface area contributed by atoms with Gasteiger partial charge in [-0.25, -0.2) is 0 Å². The van der Waals surface area contributed by atoms with Gasteiger partial charge in [-0.1, -0.05) is 12.8 Å². The smallest absolute Gasteiger partial charge is 0.225 e. The SMILES string of the molecule is O=C(C1CCCC1)N1CCN([C@@H]2CCC[C@@H]2O)CC1. The summed E-state index contributed by atoms with van der Waals surface area (Å²) in [5.74, 6) is 0.702. The first-order valence-corrected chi connectivity index (χ1v) is 7.96. The van der Waals surface area contributed by atoms with Gasteiger partial charge >= 0.3 is 0 Å². The standard InChI is InChI=1S/C15H26N2O2/c18-14-7-3-6-13(14)16-8-10-17(11-9-16)15(19)12-4-1-2-5-12/h12-14,18H,1-11H2/t13-,14+/m1/s1. The third-order valence-corrected chi connectivity index (χ3v) is 5.24. The van der Waals surface area contributed by atoms with Gasteiger partial charge in [0.1, 0.15) is 0 Å². The number of rotatable bonds is 2. The van der Waals surface area contributed by atoms with Crippen LogP contribution in [0.5, 0.6) is 0 Å². The van der Waals surface area contributed by atoms with Crippen LogP contribution in [0.15, 0.2) is 0 Å². The number of amides is 1. The van der Waals surface area contributed by atoms with E-state index in [0.29, 0.717) is 17.9 Å². The van der Waals surface area contributed by atoms with E-state index in [4.69, 9.17) is 0 Å². The van der Waals surface area contributed by atoms with Crippen molar-refractivity contribution in [3.8, 4) is 0 Å². The maximum absolute atomic E-state index is 12.4. The second kappa shape index (κ2) is 5.80. The second-order valence-electron chi connectivity index (χ2n) is 6.41. The molecule has 0 unspecified atom stereocenters. The van der Waals surface area contributed by atoms with Gasteiger partial charge in [0.15, 0.2) is 0 Å². The van der Waals surface area contributed by atoms with Crippen molar-refractivity contribution in [1.82, 2.24) is 9.80 Å². The minimum Gasteiger partial charge on any atom is -0.391 e. The molecule has 3 aliphatic rings. The molecule has 2 atom stereocenters. The molecule has 0 aromatic rings. The van der Waals surface area contributed by atoms with Crippen molar-refractivity contribution in [1.29, 1.82) is 0 Å². The average molecular weight is 266 g/mol. The van der Waals surface area contributed by atoms with Gasteiger partial charge in [-0.3, -0.25) is 9.69 Å². The highest BCUT2D eigenvalue weighted by atomic mass is 16.3. The van der Waals surface area contributed by atoms with Gasteiger partial charge in [-0.05, 0) is 32.1 Å². The van der Waals surface area contributed by atoms with E-state index in [1.807, 2.05) is 0 Å². The molecule has 0 spiro atoms. The minimum atomic E-state index is -0.142. The van der Waals surface area contributed by atoms with Gasteiger partial charge < -0.3 is 10.0 Å². The highest BCUT2D eigenvalue weighted by Crippen LogP contribution is 2.28. The molecule has 3 fully saturated rings. The molecule has 1 heterocycles. The summed E-state index contributed by atoms with van der Waals surface area (Å²) in [7, 11) is 0. The lowest BCUT2D eigenvalue weighted by Gasteiger charge is -2.39. The molecule has 2 saturated carbocycles. The van der Waals surface area contributed by atoms with Crippen molar-refractivity contribution >= 4 is 5.91 Å². The Bertz CT molecular complexity index is 320. The molecule has 0 aromatic carbocycles. The van der Waals surface area contributed by atoms with E-state index >= 15 is 0 Å². The van der Waals surface area contributed by atoms with Crippen LogP contribution < -0.4 is 0 Å². The lowest BCUT2D eigenvalue weighted by Crippen LogP contribution is -2.54. The number of piperazine rings is 1. The second-order valence-corrected chi connectivity index (χ2v) is 6.41. The number of nitrogens with zero attached hydrogens (tertiary/aromatic N) is 2. The summed E-state index contributed by atoms with van der Waals surface area (Å²) in [6, 6.07) is 0.351. The zero-order valence-electron chi connectivity index (χ0n) is 11.8. The number of hydrogen-bond donors (Lipinski definition) is 1. The van der Waals surface area contributed by atoms with Crippen LogP contribution in [0.25, 0.3) is 0 Å². The van der Waals surface area contributed by atoms with Crippen molar-refractivity contribution in [2.24, 2.45) is 5.92 Å². The molecule has 0 aromatic heterocycles. The maximum atomic E-state index is 12.4. The summed E-state index contributed by atoms with van der Waals surface area (Å²) >= 11 is 0. The number of carbonyl (C=O) groups is 1. The molecule has 4 nitrogen and oxygen atoms in total. The predicted molar refractivity (Wildman–Crippen MR) is 73.8 cm³/mol. The molecule has 1 aliphatic heterocycles. The van der Waals surface area contributed by atoms with E-state index in [1.165, 1.54) is 12.8 Å². The normalized spacial score (nSPS) is 34.1. The van der Waals surface area contributed by atoms with Gasteiger partial charge in [0.25, 0.3) is 0 Å². The highest BCUT2D eigenvalue weighted by Gasteiger charge is 2.34. The summed E-state index contributed by atoms with van der Waals surface area (Å²) in [6.45, 7) is 3.61. The fourth-order valence-electron chi connectivity index (χ4n) is 4.05. The van der Waals surface area contributed by atoms with Crippen LogP contribution in [0.4, 0.5) is 0 Å². The summed E-state index contributed by atoms with van der Waals surface area (Å²) in [5.41, 5.74) is 0. The van der Waals surface area contributed by atoms with Crippen LogP contribution in [0.2, 0.25) is 0 Å². The zero-order chi connectivity index (χ0) is 13.2. The number of aliphatic hydroxyl groups excluding tert-OH is 1. The van der Waals surface area contributed by atoms with Gasteiger partial charge in [0, 0.05) is 38.1 Å². The van der Waals surface area contributed by atoms with Gasteiger partial charge in [0.2, 0.25) is 5.91 Å². The Morgan fingerprint density at radius 1 is 0.895 bits per heavy atom. The summed E-state index contributed by atoms with van der Waals surface area (Å²) in [5, 5.41) is 9.97. The van der Waals surface area contributed by atoms with E-state index < -0.39 is 0 Å². The van der Waals surface area contributed by atoms with Crippen LogP contribution in [0.3, 0.4) is 0 Å². The van der Waals surface area contributed by atoms with Crippen molar-refractivity contribution in [2.45, 2.75) is 57.1 Å². The van der Waals surface area contributed by atoms with Crippen LogP contribution in [0.1, 0.15) is 44.9 Å². The Labute approximate surface area is 115 Å². The number of carbonyl (C=O) groups excluding carboxylic acids is 1. The van der Waals surface area contributed by atoms with Gasteiger partial charge in [-0.2, -0.15) is 0 Å². The lowest BCUT2D eigenvalue weighted by molar-refractivity contribution is -0.137. The number of aliphatic hydroxyl groups is 1. The molecule has 1 N–H and O–H groups in total. The third-order valence-electron chi connectivity index (χ3n) is 5.24. The maximum Gasteiger partial charge on any atom is 0.225 e. The molecule has 1 amide bonds. The van der Waals surface area contributed by atoms with Crippen LogP contribution in [-0.4, -0.2) is 59.1 Å².